The zero-order valence-electron chi connectivity index (χ0n) is 16.9. The van der Waals surface area contributed by atoms with Crippen LogP contribution >= 0.6 is 0 Å². The van der Waals surface area contributed by atoms with Gasteiger partial charge in [-0.3, -0.25) is 4.79 Å². The Morgan fingerprint density at radius 2 is 1.48 bits per heavy atom. The summed E-state index contributed by atoms with van der Waals surface area (Å²) in [7, 11) is 0. The molecule has 0 spiro atoms. The maximum absolute atomic E-state index is 12.8. The summed E-state index contributed by atoms with van der Waals surface area (Å²) in [6.07, 6.45) is 8.29. The van der Waals surface area contributed by atoms with Crippen LogP contribution in [0, 0.1) is 0 Å². The van der Waals surface area contributed by atoms with Crippen molar-refractivity contribution in [1.82, 2.24) is 9.47 Å². The SMILES string of the molecule is O=C(c1ccc(-n2c(-c3ccccc3)cc3c2CCCC3)cc1)N1CCCCC1. The zero-order valence-corrected chi connectivity index (χ0v) is 16.9. The molecule has 2 aromatic carbocycles. The average molecular weight is 385 g/mol. The van der Waals surface area contributed by atoms with E-state index in [1.54, 1.807) is 0 Å². The fourth-order valence-electron chi connectivity index (χ4n) is 4.85. The first kappa shape index (κ1) is 18.2. The van der Waals surface area contributed by atoms with Crippen LogP contribution in [0.4, 0.5) is 0 Å². The largest absolute Gasteiger partial charge is 0.339 e. The number of carbonyl (C=O) groups is 1. The van der Waals surface area contributed by atoms with Crippen molar-refractivity contribution in [2.75, 3.05) is 13.1 Å². The Hall–Kier alpha value is -2.81. The van der Waals surface area contributed by atoms with Gasteiger partial charge in [0.05, 0.1) is 5.69 Å². The lowest BCUT2D eigenvalue weighted by molar-refractivity contribution is 0.0724. The number of hydrogen-bond acceptors (Lipinski definition) is 1. The van der Waals surface area contributed by atoms with E-state index in [9.17, 15) is 4.79 Å². The Labute approximate surface area is 173 Å². The molecule has 3 aromatic rings. The van der Waals surface area contributed by atoms with Crippen LogP contribution < -0.4 is 0 Å². The first-order chi connectivity index (χ1) is 14.3. The second kappa shape index (κ2) is 7.90. The summed E-state index contributed by atoms with van der Waals surface area (Å²) < 4.78 is 2.42. The first-order valence-corrected chi connectivity index (χ1v) is 11.0. The predicted molar refractivity (Wildman–Crippen MR) is 118 cm³/mol. The number of hydrogen-bond donors (Lipinski definition) is 0. The molecule has 29 heavy (non-hydrogen) atoms. The van der Waals surface area contributed by atoms with Gasteiger partial charge in [0.25, 0.3) is 5.91 Å². The second-order valence-corrected chi connectivity index (χ2v) is 8.31. The summed E-state index contributed by atoms with van der Waals surface area (Å²) in [6, 6.07) is 21.3. The van der Waals surface area contributed by atoms with Crippen molar-refractivity contribution in [2.45, 2.75) is 44.9 Å². The van der Waals surface area contributed by atoms with Crippen LogP contribution in [0.1, 0.15) is 53.7 Å². The standard InChI is InChI=1S/C26H28N2O/c29-26(27-17-7-2-8-18-27)21-13-15-23(16-14-21)28-24-12-6-5-11-22(24)19-25(28)20-9-3-1-4-10-20/h1,3-4,9-10,13-16,19H,2,5-8,11-12,17-18H2. The van der Waals surface area contributed by atoms with Gasteiger partial charge in [0.15, 0.2) is 0 Å². The van der Waals surface area contributed by atoms with Gasteiger partial charge in [0.1, 0.15) is 0 Å². The summed E-state index contributed by atoms with van der Waals surface area (Å²) in [6.45, 7) is 1.79. The van der Waals surface area contributed by atoms with Gasteiger partial charge in [-0.15, -0.1) is 0 Å². The molecule has 1 aliphatic carbocycles. The number of nitrogens with zero attached hydrogens (tertiary/aromatic N) is 2. The van der Waals surface area contributed by atoms with Crippen LogP contribution in [0.25, 0.3) is 16.9 Å². The molecule has 0 unspecified atom stereocenters. The number of likely N-dealkylation sites (tertiary alicyclic amines) is 1. The summed E-state index contributed by atoms with van der Waals surface area (Å²) >= 11 is 0. The molecule has 2 aliphatic rings. The highest BCUT2D eigenvalue weighted by molar-refractivity contribution is 5.94. The number of benzene rings is 2. The van der Waals surface area contributed by atoms with Crippen LogP contribution in [0.2, 0.25) is 0 Å². The number of rotatable bonds is 3. The molecular weight excluding hydrogens is 356 g/mol. The molecule has 2 heterocycles. The van der Waals surface area contributed by atoms with Crippen molar-refractivity contribution in [3.63, 3.8) is 0 Å². The molecular formula is C26H28N2O. The third kappa shape index (κ3) is 3.50. The summed E-state index contributed by atoms with van der Waals surface area (Å²) in [5.74, 6) is 0.175. The highest BCUT2D eigenvalue weighted by Crippen LogP contribution is 2.34. The van der Waals surface area contributed by atoms with Gasteiger partial charge in [0, 0.05) is 30.0 Å². The van der Waals surface area contributed by atoms with Crippen LogP contribution in [0.15, 0.2) is 60.7 Å². The molecule has 1 aromatic heterocycles. The molecule has 0 N–H and O–H groups in total. The minimum atomic E-state index is 0.175. The minimum Gasteiger partial charge on any atom is -0.339 e. The zero-order chi connectivity index (χ0) is 19.6. The van der Waals surface area contributed by atoms with Crippen LogP contribution in [0.5, 0.6) is 0 Å². The Morgan fingerprint density at radius 1 is 0.759 bits per heavy atom. The molecule has 1 saturated heterocycles. The lowest BCUT2D eigenvalue weighted by Crippen LogP contribution is -2.35. The van der Waals surface area contributed by atoms with Crippen molar-refractivity contribution in [2.24, 2.45) is 0 Å². The molecule has 0 bridgehead atoms. The molecule has 148 valence electrons. The number of amides is 1. The molecule has 1 fully saturated rings. The second-order valence-electron chi connectivity index (χ2n) is 8.31. The van der Waals surface area contributed by atoms with E-state index in [2.05, 4.69) is 53.1 Å². The average Bonchev–Trinajstić information content (AvgIpc) is 3.19. The predicted octanol–water partition coefficient (Wildman–Crippen LogP) is 5.65. The number of piperidine rings is 1. The first-order valence-electron chi connectivity index (χ1n) is 11.0. The fraction of sp³-hybridized carbons (Fsp3) is 0.346. The van der Waals surface area contributed by atoms with Crippen molar-refractivity contribution in [3.8, 4) is 16.9 Å². The van der Waals surface area contributed by atoms with E-state index in [1.165, 1.54) is 41.8 Å². The van der Waals surface area contributed by atoms with Gasteiger partial charge in [-0.25, -0.2) is 0 Å². The maximum Gasteiger partial charge on any atom is 0.253 e. The quantitative estimate of drug-likeness (QED) is 0.573. The number of aryl methyl sites for hydroxylation is 1. The summed E-state index contributed by atoms with van der Waals surface area (Å²) in [5.41, 5.74) is 7.37. The van der Waals surface area contributed by atoms with Gasteiger partial charge in [-0.05, 0) is 86.4 Å². The van der Waals surface area contributed by atoms with Crippen molar-refractivity contribution in [1.29, 1.82) is 0 Å². The summed E-state index contributed by atoms with van der Waals surface area (Å²) in [4.78, 5) is 14.8. The normalized spacial score (nSPS) is 16.5. The minimum absolute atomic E-state index is 0.175. The third-order valence-electron chi connectivity index (χ3n) is 6.39. The molecule has 0 radical (unpaired) electrons. The topological polar surface area (TPSA) is 25.2 Å². The van der Waals surface area contributed by atoms with Crippen LogP contribution in [0.3, 0.4) is 0 Å². The molecule has 0 saturated carbocycles. The third-order valence-corrected chi connectivity index (χ3v) is 6.39. The lowest BCUT2D eigenvalue weighted by atomic mass is 9.98. The van der Waals surface area contributed by atoms with E-state index in [0.29, 0.717) is 0 Å². The van der Waals surface area contributed by atoms with E-state index < -0.39 is 0 Å². The van der Waals surface area contributed by atoms with E-state index in [4.69, 9.17) is 0 Å². The molecule has 1 amide bonds. The maximum atomic E-state index is 12.8. The van der Waals surface area contributed by atoms with E-state index in [-0.39, 0.29) is 5.91 Å². The lowest BCUT2D eigenvalue weighted by Gasteiger charge is -2.26. The molecule has 0 atom stereocenters. The van der Waals surface area contributed by atoms with Gasteiger partial charge >= 0.3 is 0 Å². The van der Waals surface area contributed by atoms with Gasteiger partial charge in [0.2, 0.25) is 0 Å². The number of carbonyl (C=O) groups excluding carboxylic acids is 1. The van der Waals surface area contributed by atoms with Gasteiger partial charge < -0.3 is 9.47 Å². The molecule has 1 aliphatic heterocycles. The Bertz CT molecular complexity index is 995. The van der Waals surface area contributed by atoms with Crippen LogP contribution in [-0.4, -0.2) is 28.5 Å². The number of aromatic nitrogens is 1. The van der Waals surface area contributed by atoms with Crippen molar-refractivity contribution in [3.05, 3.63) is 77.5 Å². The number of fused-ring (bicyclic) bond motifs is 1. The van der Waals surface area contributed by atoms with E-state index >= 15 is 0 Å². The van der Waals surface area contributed by atoms with Gasteiger partial charge in [-0.1, -0.05) is 30.3 Å². The van der Waals surface area contributed by atoms with E-state index in [1.807, 2.05) is 17.0 Å². The van der Waals surface area contributed by atoms with Crippen LogP contribution in [-0.2, 0) is 12.8 Å². The van der Waals surface area contributed by atoms with E-state index in [0.717, 1.165) is 50.0 Å². The molecule has 5 rings (SSSR count). The highest BCUT2D eigenvalue weighted by Gasteiger charge is 2.21. The Morgan fingerprint density at radius 3 is 2.24 bits per heavy atom. The Kier molecular flexibility index (Phi) is 4.97. The molecule has 3 heteroatoms. The van der Waals surface area contributed by atoms with Crippen molar-refractivity contribution < 1.29 is 4.79 Å². The van der Waals surface area contributed by atoms with Gasteiger partial charge in [-0.2, -0.15) is 0 Å². The fourth-order valence-corrected chi connectivity index (χ4v) is 4.85. The summed E-state index contributed by atoms with van der Waals surface area (Å²) in [5, 5.41) is 0. The highest BCUT2D eigenvalue weighted by atomic mass is 16.2. The monoisotopic (exact) mass is 384 g/mol. The Balaban J connectivity index is 1.52. The van der Waals surface area contributed by atoms with Crippen molar-refractivity contribution >= 4 is 5.91 Å². The molecule has 3 nitrogen and oxygen atoms in total. The smallest absolute Gasteiger partial charge is 0.253 e.